The summed E-state index contributed by atoms with van der Waals surface area (Å²) < 4.78 is 0. The zero-order valence-electron chi connectivity index (χ0n) is 11.0. The molecule has 4 nitrogen and oxygen atoms in total. The van der Waals surface area contributed by atoms with Gasteiger partial charge in [0.15, 0.2) is 0 Å². The molecule has 2 N–H and O–H groups in total. The number of amides is 1. The van der Waals surface area contributed by atoms with Crippen LogP contribution in [0.2, 0.25) is 0 Å². The van der Waals surface area contributed by atoms with Crippen molar-refractivity contribution < 1.29 is 14.7 Å². The first-order chi connectivity index (χ1) is 9.11. The second-order valence-electron chi connectivity index (χ2n) is 4.97. The van der Waals surface area contributed by atoms with Gasteiger partial charge in [-0.15, -0.1) is 11.3 Å². The first-order valence-corrected chi connectivity index (χ1v) is 7.53. The summed E-state index contributed by atoms with van der Waals surface area (Å²) in [6.07, 6.45) is 3.49. The normalized spacial score (nSPS) is 22.4. The summed E-state index contributed by atoms with van der Waals surface area (Å²) in [6, 6.07) is 3.80. The number of carbonyl (C=O) groups is 2. The Kier molecular flexibility index (Phi) is 4.58. The molecule has 0 aliphatic heterocycles. The summed E-state index contributed by atoms with van der Waals surface area (Å²) in [5.41, 5.74) is 0. The van der Waals surface area contributed by atoms with E-state index in [4.69, 9.17) is 5.11 Å². The number of thiophene rings is 1. The summed E-state index contributed by atoms with van der Waals surface area (Å²) in [6.45, 7) is 2.53. The van der Waals surface area contributed by atoms with Crippen molar-refractivity contribution in [3.8, 4) is 0 Å². The van der Waals surface area contributed by atoms with E-state index in [1.165, 1.54) is 16.2 Å². The van der Waals surface area contributed by atoms with E-state index in [1.54, 1.807) is 0 Å². The molecule has 1 fully saturated rings. The zero-order valence-corrected chi connectivity index (χ0v) is 11.8. The summed E-state index contributed by atoms with van der Waals surface area (Å²) in [5, 5.41) is 12.0. The molecule has 1 aromatic rings. The quantitative estimate of drug-likeness (QED) is 0.871. The van der Waals surface area contributed by atoms with Gasteiger partial charge in [-0.05, 0) is 37.3 Å². The van der Waals surface area contributed by atoms with Crippen LogP contribution in [0.5, 0.6) is 0 Å². The minimum absolute atomic E-state index is 0.0760. The van der Waals surface area contributed by atoms with Gasteiger partial charge in [-0.2, -0.15) is 0 Å². The van der Waals surface area contributed by atoms with E-state index in [0.717, 1.165) is 25.7 Å². The number of carbonyl (C=O) groups excluding carboxylic acids is 1. The first kappa shape index (κ1) is 14.1. The maximum absolute atomic E-state index is 12.0. The number of nitrogens with one attached hydrogen (secondary N) is 1. The smallest absolute Gasteiger partial charge is 0.306 e. The molecule has 1 heterocycles. The Hall–Kier alpha value is -1.36. The van der Waals surface area contributed by atoms with Gasteiger partial charge >= 0.3 is 5.97 Å². The van der Waals surface area contributed by atoms with Crippen LogP contribution >= 0.6 is 11.3 Å². The molecular weight excluding hydrogens is 262 g/mol. The number of rotatable bonds is 5. The Bertz CT molecular complexity index is 469. The monoisotopic (exact) mass is 281 g/mol. The van der Waals surface area contributed by atoms with Gasteiger partial charge in [0, 0.05) is 11.4 Å². The molecule has 2 unspecified atom stereocenters. The van der Waals surface area contributed by atoms with Crippen molar-refractivity contribution in [2.45, 2.75) is 32.6 Å². The zero-order chi connectivity index (χ0) is 13.8. The average molecular weight is 281 g/mol. The van der Waals surface area contributed by atoms with Crippen molar-refractivity contribution in [3.05, 3.63) is 21.9 Å². The molecule has 1 amide bonds. The molecule has 19 heavy (non-hydrogen) atoms. The second-order valence-corrected chi connectivity index (χ2v) is 6.13. The molecule has 2 rings (SSSR count). The topological polar surface area (TPSA) is 66.4 Å². The van der Waals surface area contributed by atoms with E-state index in [1.807, 2.05) is 12.1 Å². The molecule has 0 radical (unpaired) electrons. The maximum atomic E-state index is 12.0. The van der Waals surface area contributed by atoms with Gasteiger partial charge in [-0.1, -0.05) is 13.3 Å². The molecule has 1 saturated carbocycles. The minimum Gasteiger partial charge on any atom is -0.481 e. The van der Waals surface area contributed by atoms with E-state index >= 15 is 0 Å². The average Bonchev–Trinajstić information content (AvgIpc) is 3.04. The second kappa shape index (κ2) is 6.19. The molecule has 1 aliphatic carbocycles. The maximum Gasteiger partial charge on any atom is 0.306 e. The number of aliphatic carboxylic acids is 1. The lowest BCUT2D eigenvalue weighted by molar-refractivity contribution is -0.142. The molecule has 0 saturated heterocycles. The molecule has 0 bridgehead atoms. The van der Waals surface area contributed by atoms with Gasteiger partial charge < -0.3 is 10.4 Å². The molecule has 1 aromatic heterocycles. The molecule has 0 spiro atoms. The van der Waals surface area contributed by atoms with Crippen molar-refractivity contribution in [1.82, 2.24) is 5.32 Å². The van der Waals surface area contributed by atoms with Crippen LogP contribution in [0.15, 0.2) is 12.1 Å². The van der Waals surface area contributed by atoms with Crippen molar-refractivity contribution in [2.24, 2.45) is 11.8 Å². The van der Waals surface area contributed by atoms with Crippen LogP contribution in [0.25, 0.3) is 0 Å². The Morgan fingerprint density at radius 1 is 1.42 bits per heavy atom. The lowest BCUT2D eigenvalue weighted by atomic mass is 9.96. The number of aryl methyl sites for hydroxylation is 1. The Labute approximate surface area is 116 Å². The van der Waals surface area contributed by atoms with Crippen LogP contribution < -0.4 is 5.32 Å². The molecule has 104 valence electrons. The molecule has 1 aliphatic rings. The Morgan fingerprint density at radius 2 is 2.21 bits per heavy atom. The molecular formula is C14H19NO3S. The van der Waals surface area contributed by atoms with Crippen LogP contribution in [0.3, 0.4) is 0 Å². The highest BCUT2D eigenvalue weighted by Crippen LogP contribution is 2.31. The van der Waals surface area contributed by atoms with Gasteiger partial charge in [0.25, 0.3) is 5.91 Å². The van der Waals surface area contributed by atoms with Crippen molar-refractivity contribution in [3.63, 3.8) is 0 Å². The van der Waals surface area contributed by atoms with E-state index in [0.29, 0.717) is 11.4 Å². The van der Waals surface area contributed by atoms with Crippen molar-refractivity contribution in [2.75, 3.05) is 6.54 Å². The third-order valence-electron chi connectivity index (χ3n) is 3.73. The fourth-order valence-electron chi connectivity index (χ4n) is 2.61. The van der Waals surface area contributed by atoms with Crippen molar-refractivity contribution >= 4 is 23.2 Å². The molecule has 5 heteroatoms. The Morgan fingerprint density at radius 3 is 2.84 bits per heavy atom. The largest absolute Gasteiger partial charge is 0.481 e. The summed E-state index contributed by atoms with van der Waals surface area (Å²) >= 11 is 1.50. The standard InChI is InChI=1S/C14H19NO3S/c1-2-10-6-7-12(19-10)13(16)15-8-9-4-3-5-11(9)14(17)18/h6-7,9,11H,2-5,8H2,1H3,(H,15,16)(H,17,18). The predicted octanol–water partition coefficient (Wildman–Crippen LogP) is 2.54. The fourth-order valence-corrected chi connectivity index (χ4v) is 3.47. The van der Waals surface area contributed by atoms with Gasteiger partial charge in [-0.3, -0.25) is 9.59 Å². The van der Waals surface area contributed by atoms with E-state index in [9.17, 15) is 9.59 Å². The van der Waals surface area contributed by atoms with Crippen LogP contribution in [-0.4, -0.2) is 23.5 Å². The highest BCUT2D eigenvalue weighted by atomic mass is 32.1. The molecule has 0 aromatic carbocycles. The number of hydrogen-bond acceptors (Lipinski definition) is 3. The number of carboxylic acids is 1. The highest BCUT2D eigenvalue weighted by Gasteiger charge is 2.32. The Balaban J connectivity index is 1.88. The minimum atomic E-state index is -0.735. The highest BCUT2D eigenvalue weighted by molar-refractivity contribution is 7.14. The van der Waals surface area contributed by atoms with Crippen molar-refractivity contribution in [1.29, 1.82) is 0 Å². The first-order valence-electron chi connectivity index (χ1n) is 6.71. The van der Waals surface area contributed by atoms with E-state index < -0.39 is 5.97 Å². The number of hydrogen-bond donors (Lipinski definition) is 2. The third-order valence-corrected chi connectivity index (χ3v) is 4.96. The van der Waals surface area contributed by atoms with Crippen LogP contribution in [0.4, 0.5) is 0 Å². The van der Waals surface area contributed by atoms with Crippen LogP contribution in [-0.2, 0) is 11.2 Å². The fraction of sp³-hybridized carbons (Fsp3) is 0.571. The van der Waals surface area contributed by atoms with Crippen LogP contribution in [0.1, 0.15) is 40.7 Å². The van der Waals surface area contributed by atoms with Gasteiger partial charge in [0.2, 0.25) is 0 Å². The lowest BCUT2D eigenvalue weighted by Gasteiger charge is -2.15. The summed E-state index contributed by atoms with van der Waals surface area (Å²) in [5.74, 6) is -1.04. The predicted molar refractivity (Wildman–Crippen MR) is 74.5 cm³/mol. The summed E-state index contributed by atoms with van der Waals surface area (Å²) in [4.78, 5) is 24.9. The van der Waals surface area contributed by atoms with Gasteiger partial charge in [-0.25, -0.2) is 0 Å². The molecule has 2 atom stereocenters. The summed E-state index contributed by atoms with van der Waals surface area (Å²) in [7, 11) is 0. The van der Waals surface area contributed by atoms with Crippen LogP contribution in [0, 0.1) is 11.8 Å². The lowest BCUT2D eigenvalue weighted by Crippen LogP contribution is -2.32. The van der Waals surface area contributed by atoms with Gasteiger partial charge in [0.05, 0.1) is 10.8 Å². The third kappa shape index (κ3) is 3.35. The SMILES string of the molecule is CCc1ccc(C(=O)NCC2CCCC2C(=O)O)s1. The number of carboxylic acid groups (broad SMARTS) is 1. The van der Waals surface area contributed by atoms with Gasteiger partial charge in [0.1, 0.15) is 0 Å². The van der Waals surface area contributed by atoms with E-state index in [-0.39, 0.29) is 17.7 Å². The van der Waals surface area contributed by atoms with E-state index in [2.05, 4.69) is 12.2 Å².